The van der Waals surface area contributed by atoms with Gasteiger partial charge in [0.05, 0.1) is 0 Å². The summed E-state index contributed by atoms with van der Waals surface area (Å²) < 4.78 is 47.8. The van der Waals surface area contributed by atoms with Crippen LogP contribution in [-0.4, -0.2) is 0 Å². The van der Waals surface area contributed by atoms with Gasteiger partial charge in [-0.05, 0) is 41.0 Å². The average molecular weight is 390 g/mol. The summed E-state index contributed by atoms with van der Waals surface area (Å²) in [5.74, 6) is -1.78. The third-order valence-corrected chi connectivity index (χ3v) is 4.65. The molecular weight excluding hydrogens is 373 g/mol. The summed E-state index contributed by atoms with van der Waals surface area (Å²) in [7, 11) is 0. The zero-order chi connectivity index (χ0) is 20.2. The normalized spacial score (nSPS) is 10.7. The minimum Gasteiger partial charge on any atom is -0.489 e. The minimum atomic E-state index is -0.987. The van der Waals surface area contributed by atoms with Gasteiger partial charge < -0.3 is 4.74 Å². The van der Waals surface area contributed by atoms with Gasteiger partial charge in [0.15, 0.2) is 11.6 Å². The van der Waals surface area contributed by atoms with Crippen LogP contribution >= 0.6 is 0 Å². The Hall–Kier alpha value is -3.53. The first-order valence-electron chi connectivity index (χ1n) is 9.13. The molecule has 0 amide bonds. The Labute approximate surface area is 167 Å². The molecule has 0 radical (unpaired) electrons. The van der Waals surface area contributed by atoms with Crippen LogP contribution in [0.5, 0.6) is 5.75 Å². The summed E-state index contributed by atoms with van der Waals surface area (Å²) in [5.41, 5.74) is 2.41. The molecule has 0 N–H and O–H groups in total. The minimum absolute atomic E-state index is 0.0279. The molecule has 4 aromatic rings. The van der Waals surface area contributed by atoms with Crippen molar-refractivity contribution in [2.75, 3.05) is 0 Å². The van der Waals surface area contributed by atoms with Gasteiger partial charge in [-0.25, -0.2) is 13.2 Å². The van der Waals surface area contributed by atoms with Crippen LogP contribution in [0.1, 0.15) is 5.56 Å². The van der Waals surface area contributed by atoms with E-state index in [0.29, 0.717) is 23.5 Å². The van der Waals surface area contributed by atoms with Crippen molar-refractivity contribution in [3.63, 3.8) is 0 Å². The number of rotatable bonds is 5. The third-order valence-electron chi connectivity index (χ3n) is 4.65. The highest BCUT2D eigenvalue weighted by Gasteiger charge is 2.13. The van der Waals surface area contributed by atoms with Crippen LogP contribution < -0.4 is 4.74 Å². The maximum Gasteiger partial charge on any atom is 0.166 e. The molecule has 4 heteroatoms. The molecule has 0 heterocycles. The molecule has 4 rings (SSSR count). The first-order valence-corrected chi connectivity index (χ1v) is 9.13. The van der Waals surface area contributed by atoms with Crippen molar-refractivity contribution in [1.82, 2.24) is 0 Å². The molecule has 0 spiro atoms. The number of hydrogen-bond acceptors (Lipinski definition) is 1. The molecule has 0 saturated carbocycles. The van der Waals surface area contributed by atoms with Gasteiger partial charge in [-0.3, -0.25) is 0 Å². The van der Waals surface area contributed by atoms with Crippen LogP contribution in [0, 0.1) is 17.5 Å². The molecule has 0 bridgehead atoms. The molecule has 0 aliphatic heterocycles. The zero-order valence-corrected chi connectivity index (χ0v) is 15.4. The van der Waals surface area contributed by atoms with Crippen LogP contribution in [-0.2, 0) is 6.61 Å². The zero-order valence-electron chi connectivity index (χ0n) is 15.4. The van der Waals surface area contributed by atoms with E-state index in [2.05, 4.69) is 0 Å². The van der Waals surface area contributed by atoms with Gasteiger partial charge in [0.2, 0.25) is 0 Å². The summed E-state index contributed by atoms with van der Waals surface area (Å²) >= 11 is 0. The lowest BCUT2D eigenvalue weighted by molar-refractivity contribution is 0.306. The molecule has 1 nitrogen and oxygen atoms in total. The van der Waals surface area contributed by atoms with E-state index in [1.807, 2.05) is 30.3 Å². The molecule has 0 aliphatic rings. The van der Waals surface area contributed by atoms with Gasteiger partial charge in [-0.2, -0.15) is 0 Å². The van der Waals surface area contributed by atoms with E-state index in [4.69, 9.17) is 4.74 Å². The van der Waals surface area contributed by atoms with Crippen molar-refractivity contribution in [1.29, 1.82) is 0 Å². The predicted octanol–water partition coefficient (Wildman–Crippen LogP) is 7.02. The predicted molar refractivity (Wildman–Crippen MR) is 108 cm³/mol. The van der Waals surface area contributed by atoms with Crippen molar-refractivity contribution in [3.8, 4) is 28.0 Å². The van der Waals surface area contributed by atoms with Gasteiger partial charge in [0.1, 0.15) is 18.2 Å². The van der Waals surface area contributed by atoms with E-state index >= 15 is 0 Å². The van der Waals surface area contributed by atoms with Crippen molar-refractivity contribution in [2.45, 2.75) is 6.61 Å². The fraction of sp³-hybridized carbons (Fsp3) is 0.0400. The Bertz CT molecular complexity index is 1120. The highest BCUT2D eigenvalue weighted by molar-refractivity contribution is 5.71. The molecule has 0 aromatic heterocycles. The number of benzene rings is 4. The second-order valence-electron chi connectivity index (χ2n) is 6.59. The monoisotopic (exact) mass is 390 g/mol. The van der Waals surface area contributed by atoms with Crippen molar-refractivity contribution < 1.29 is 17.9 Å². The Morgan fingerprint density at radius 2 is 1.31 bits per heavy atom. The molecule has 0 aliphatic carbocycles. The number of halogens is 3. The van der Waals surface area contributed by atoms with Gasteiger partial charge in [0.25, 0.3) is 0 Å². The molecule has 0 atom stereocenters. The highest BCUT2D eigenvalue weighted by Crippen LogP contribution is 2.31. The van der Waals surface area contributed by atoms with E-state index < -0.39 is 17.5 Å². The van der Waals surface area contributed by atoms with Gasteiger partial charge in [-0.15, -0.1) is 0 Å². The first-order chi connectivity index (χ1) is 14.1. The van der Waals surface area contributed by atoms with Gasteiger partial charge in [-0.1, -0.05) is 66.7 Å². The lowest BCUT2D eigenvalue weighted by atomic mass is 9.99. The van der Waals surface area contributed by atoms with Crippen LogP contribution in [0.4, 0.5) is 13.2 Å². The SMILES string of the molecule is Fc1cc(-c2cccc(F)c2F)ccc1-c1ccc(OCc2ccccc2)cc1. The van der Waals surface area contributed by atoms with Gasteiger partial charge in [0, 0.05) is 11.1 Å². The topological polar surface area (TPSA) is 9.23 Å². The van der Waals surface area contributed by atoms with E-state index in [0.717, 1.165) is 11.6 Å². The van der Waals surface area contributed by atoms with Crippen LogP contribution in [0.25, 0.3) is 22.3 Å². The molecule has 4 aromatic carbocycles. The molecule has 0 unspecified atom stereocenters. The van der Waals surface area contributed by atoms with E-state index in [1.165, 1.54) is 18.2 Å². The maximum atomic E-state index is 14.7. The smallest absolute Gasteiger partial charge is 0.166 e. The van der Waals surface area contributed by atoms with E-state index in [9.17, 15) is 13.2 Å². The standard InChI is InChI=1S/C25H17F3O/c26-23-8-4-7-22(25(23)28)19-11-14-21(24(27)15-19)18-9-12-20(13-10-18)29-16-17-5-2-1-3-6-17/h1-15H,16H2. The number of ether oxygens (including phenoxy) is 1. The lowest BCUT2D eigenvalue weighted by Crippen LogP contribution is -1.95. The largest absolute Gasteiger partial charge is 0.489 e. The molecule has 0 fully saturated rings. The third kappa shape index (κ3) is 4.16. The Balaban J connectivity index is 1.53. The molecule has 0 saturated heterocycles. The molecular formula is C25H17F3O. The molecule has 29 heavy (non-hydrogen) atoms. The van der Waals surface area contributed by atoms with E-state index in [-0.39, 0.29) is 11.1 Å². The fourth-order valence-electron chi connectivity index (χ4n) is 3.12. The second-order valence-corrected chi connectivity index (χ2v) is 6.59. The second kappa shape index (κ2) is 8.23. The fourth-order valence-corrected chi connectivity index (χ4v) is 3.12. The lowest BCUT2D eigenvalue weighted by Gasteiger charge is -2.10. The summed E-state index contributed by atoms with van der Waals surface area (Å²) in [6, 6.07) is 25.1. The van der Waals surface area contributed by atoms with Crippen molar-refractivity contribution >= 4 is 0 Å². The van der Waals surface area contributed by atoms with E-state index in [1.54, 1.807) is 36.4 Å². The summed E-state index contributed by atoms with van der Waals surface area (Å²) in [5, 5.41) is 0. The first kappa shape index (κ1) is 18.8. The Morgan fingerprint density at radius 1 is 0.586 bits per heavy atom. The maximum absolute atomic E-state index is 14.7. The van der Waals surface area contributed by atoms with Crippen LogP contribution in [0.15, 0.2) is 91.0 Å². The Kier molecular flexibility index (Phi) is 5.34. The average Bonchev–Trinajstić information content (AvgIpc) is 2.75. The summed E-state index contributed by atoms with van der Waals surface area (Å²) in [4.78, 5) is 0. The van der Waals surface area contributed by atoms with Crippen LogP contribution in [0.2, 0.25) is 0 Å². The van der Waals surface area contributed by atoms with Gasteiger partial charge >= 0.3 is 0 Å². The summed E-state index contributed by atoms with van der Waals surface area (Å²) in [6.07, 6.45) is 0. The van der Waals surface area contributed by atoms with Crippen molar-refractivity contribution in [3.05, 3.63) is 114 Å². The van der Waals surface area contributed by atoms with Crippen LogP contribution in [0.3, 0.4) is 0 Å². The highest BCUT2D eigenvalue weighted by atomic mass is 19.2. The Morgan fingerprint density at radius 3 is 2.03 bits per heavy atom. The molecule has 144 valence electrons. The van der Waals surface area contributed by atoms with Crippen molar-refractivity contribution in [2.24, 2.45) is 0 Å². The number of hydrogen-bond donors (Lipinski definition) is 0. The quantitative estimate of drug-likeness (QED) is 0.356. The summed E-state index contributed by atoms with van der Waals surface area (Å²) in [6.45, 7) is 0.447.